The molecule has 3 heterocycles. The van der Waals surface area contributed by atoms with Crippen LogP contribution in [0.15, 0.2) is 41.1 Å². The van der Waals surface area contributed by atoms with Crippen molar-refractivity contribution in [2.24, 2.45) is 0 Å². The molecule has 3 aromatic rings. The summed E-state index contributed by atoms with van der Waals surface area (Å²) in [7, 11) is 4.08. The van der Waals surface area contributed by atoms with Crippen LogP contribution in [0.5, 0.6) is 0 Å². The van der Waals surface area contributed by atoms with Crippen molar-refractivity contribution in [2.75, 3.05) is 37.0 Å². The lowest BCUT2D eigenvalue weighted by atomic mass is 10.1. The maximum absolute atomic E-state index is 5.87. The van der Waals surface area contributed by atoms with Crippen molar-refractivity contribution in [1.29, 1.82) is 0 Å². The molecule has 0 aliphatic carbocycles. The molecule has 0 saturated carbocycles. The van der Waals surface area contributed by atoms with Gasteiger partial charge in [-0.05, 0) is 25.0 Å². The minimum Gasteiger partial charge on any atom is -0.423 e. The third kappa shape index (κ3) is 2.65. The Balaban J connectivity index is 1.45. The number of hydrogen-bond donors (Lipinski definition) is 0. The summed E-state index contributed by atoms with van der Waals surface area (Å²) in [6.07, 6.45) is 6.15. The summed E-state index contributed by atoms with van der Waals surface area (Å²) in [5, 5.41) is 4.51. The molecule has 0 N–H and O–H groups in total. The average Bonchev–Trinajstić information content (AvgIpc) is 3.22. The first-order chi connectivity index (χ1) is 11.2. The number of benzene rings is 1. The third-order valence-electron chi connectivity index (χ3n) is 4.50. The van der Waals surface area contributed by atoms with Gasteiger partial charge in [-0.25, -0.2) is 0 Å². The second-order valence-corrected chi connectivity index (χ2v) is 6.26. The molecule has 1 saturated heterocycles. The summed E-state index contributed by atoms with van der Waals surface area (Å²) in [6.45, 7) is 1.88. The van der Waals surface area contributed by atoms with E-state index in [-0.39, 0.29) is 0 Å². The van der Waals surface area contributed by atoms with E-state index in [1.807, 2.05) is 44.6 Å². The van der Waals surface area contributed by atoms with E-state index in [4.69, 9.17) is 4.42 Å². The highest BCUT2D eigenvalue weighted by Crippen LogP contribution is 2.28. The van der Waals surface area contributed by atoms with Gasteiger partial charge in [0, 0.05) is 33.4 Å². The second kappa shape index (κ2) is 5.61. The van der Waals surface area contributed by atoms with Gasteiger partial charge in [-0.2, -0.15) is 10.1 Å². The quantitative estimate of drug-likeness (QED) is 0.744. The van der Waals surface area contributed by atoms with E-state index in [0.717, 1.165) is 48.7 Å². The number of hydrogen-bond acceptors (Lipinski definition) is 5. The molecule has 1 fully saturated rings. The highest BCUT2D eigenvalue weighted by atomic mass is 16.4. The van der Waals surface area contributed by atoms with Crippen molar-refractivity contribution >= 4 is 22.8 Å². The van der Waals surface area contributed by atoms with Gasteiger partial charge < -0.3 is 14.2 Å². The number of nitrogens with zero attached hydrogens (tertiary/aromatic N) is 5. The van der Waals surface area contributed by atoms with Gasteiger partial charge in [0.25, 0.3) is 6.01 Å². The highest BCUT2D eigenvalue weighted by molar-refractivity contribution is 5.74. The Hall–Kier alpha value is -2.50. The van der Waals surface area contributed by atoms with E-state index < -0.39 is 0 Å². The van der Waals surface area contributed by atoms with Crippen LogP contribution in [0.2, 0.25) is 0 Å². The molecule has 120 valence electrons. The largest absolute Gasteiger partial charge is 0.423 e. The number of aromatic nitrogens is 3. The molecule has 6 heteroatoms. The van der Waals surface area contributed by atoms with Crippen LogP contribution in [0.3, 0.4) is 0 Å². The number of oxazole rings is 1. The lowest BCUT2D eigenvalue weighted by Crippen LogP contribution is -2.35. The molecule has 0 radical (unpaired) electrons. The zero-order valence-corrected chi connectivity index (χ0v) is 13.5. The molecule has 0 atom stereocenters. The Kier molecular flexibility index (Phi) is 3.44. The molecule has 1 aromatic carbocycles. The summed E-state index contributed by atoms with van der Waals surface area (Å²) in [5.74, 6) is 0. The van der Waals surface area contributed by atoms with E-state index in [2.05, 4.69) is 30.8 Å². The molecule has 0 spiro atoms. The highest BCUT2D eigenvalue weighted by Gasteiger charge is 2.24. The fourth-order valence-electron chi connectivity index (χ4n) is 3.08. The molecule has 2 aromatic heterocycles. The van der Waals surface area contributed by atoms with Gasteiger partial charge in [0.15, 0.2) is 5.58 Å². The maximum atomic E-state index is 5.87. The normalized spacial score (nSPS) is 16.2. The Morgan fingerprint density at radius 1 is 1.17 bits per heavy atom. The topological polar surface area (TPSA) is 50.3 Å². The summed E-state index contributed by atoms with van der Waals surface area (Å²) >= 11 is 0. The molecule has 4 rings (SSSR count). The minimum absolute atomic E-state index is 0.448. The fraction of sp³-hybridized carbons (Fsp3) is 0.412. The van der Waals surface area contributed by atoms with Gasteiger partial charge in [-0.15, -0.1) is 0 Å². The zero-order chi connectivity index (χ0) is 15.8. The smallest absolute Gasteiger partial charge is 0.298 e. The number of fused-ring (bicyclic) bond motifs is 1. The first-order valence-electron chi connectivity index (χ1n) is 8.03. The van der Waals surface area contributed by atoms with Gasteiger partial charge in [0.1, 0.15) is 5.52 Å². The molecular formula is C17H21N5O. The molecule has 6 nitrogen and oxygen atoms in total. The van der Waals surface area contributed by atoms with Crippen LogP contribution < -0.4 is 9.80 Å². The van der Waals surface area contributed by atoms with Crippen molar-refractivity contribution < 1.29 is 4.42 Å². The van der Waals surface area contributed by atoms with Crippen LogP contribution in [-0.2, 0) is 0 Å². The van der Waals surface area contributed by atoms with E-state index in [1.165, 1.54) is 0 Å². The fourth-order valence-corrected chi connectivity index (χ4v) is 3.08. The molecule has 0 amide bonds. The van der Waals surface area contributed by atoms with Gasteiger partial charge in [0.05, 0.1) is 17.9 Å². The SMILES string of the molecule is CN(C)c1cnn(C2CCN(c3nc4ccccc4o3)CC2)c1. The zero-order valence-electron chi connectivity index (χ0n) is 13.5. The standard InChI is InChI=1S/C17H21N5O/c1-20(2)14-11-18-22(12-14)13-7-9-21(10-8-13)17-19-15-5-3-4-6-16(15)23-17/h3-6,11-13H,7-10H2,1-2H3. The first-order valence-corrected chi connectivity index (χ1v) is 8.03. The predicted molar refractivity (Wildman–Crippen MR) is 91.0 cm³/mol. The molecule has 1 aliphatic heterocycles. The summed E-state index contributed by atoms with van der Waals surface area (Å²) < 4.78 is 7.97. The number of rotatable bonds is 3. The monoisotopic (exact) mass is 311 g/mol. The third-order valence-corrected chi connectivity index (χ3v) is 4.50. The van der Waals surface area contributed by atoms with Crippen molar-refractivity contribution in [3.05, 3.63) is 36.7 Å². The molecule has 1 aliphatic rings. The van der Waals surface area contributed by atoms with Crippen LogP contribution in [0.4, 0.5) is 11.7 Å². The maximum Gasteiger partial charge on any atom is 0.298 e. The molecular weight excluding hydrogens is 290 g/mol. The van der Waals surface area contributed by atoms with Crippen molar-refractivity contribution in [1.82, 2.24) is 14.8 Å². The van der Waals surface area contributed by atoms with Crippen LogP contribution in [0.25, 0.3) is 11.1 Å². The van der Waals surface area contributed by atoms with Gasteiger partial charge in [-0.1, -0.05) is 12.1 Å². The summed E-state index contributed by atoms with van der Waals surface area (Å²) in [6, 6.07) is 9.10. The predicted octanol–water partition coefficient (Wildman–Crippen LogP) is 2.93. The van der Waals surface area contributed by atoms with Gasteiger partial charge in [-0.3, -0.25) is 4.68 Å². The van der Waals surface area contributed by atoms with Crippen LogP contribution in [0, 0.1) is 0 Å². The molecule has 0 unspecified atom stereocenters. The van der Waals surface area contributed by atoms with Crippen LogP contribution in [0.1, 0.15) is 18.9 Å². The van der Waals surface area contributed by atoms with Crippen molar-refractivity contribution in [3.63, 3.8) is 0 Å². The molecule has 23 heavy (non-hydrogen) atoms. The van der Waals surface area contributed by atoms with Crippen LogP contribution in [-0.4, -0.2) is 41.9 Å². The van der Waals surface area contributed by atoms with Crippen LogP contribution >= 0.6 is 0 Å². The van der Waals surface area contributed by atoms with E-state index >= 15 is 0 Å². The number of piperidine rings is 1. The first kappa shape index (κ1) is 14.1. The summed E-state index contributed by atoms with van der Waals surface area (Å²) in [4.78, 5) is 8.90. The lowest BCUT2D eigenvalue weighted by molar-refractivity contribution is 0.357. The number of anilines is 2. The average molecular weight is 311 g/mol. The van der Waals surface area contributed by atoms with Crippen molar-refractivity contribution in [2.45, 2.75) is 18.9 Å². The van der Waals surface area contributed by atoms with E-state index in [0.29, 0.717) is 6.04 Å². The molecule has 0 bridgehead atoms. The minimum atomic E-state index is 0.448. The van der Waals surface area contributed by atoms with Gasteiger partial charge >= 0.3 is 0 Å². The Bertz CT molecular complexity index is 765. The lowest BCUT2D eigenvalue weighted by Gasteiger charge is -2.30. The summed E-state index contributed by atoms with van der Waals surface area (Å²) in [5.41, 5.74) is 2.92. The Morgan fingerprint density at radius 2 is 1.96 bits per heavy atom. The Morgan fingerprint density at radius 3 is 2.65 bits per heavy atom. The van der Waals surface area contributed by atoms with Gasteiger partial charge in [0.2, 0.25) is 0 Å². The van der Waals surface area contributed by atoms with Crippen molar-refractivity contribution in [3.8, 4) is 0 Å². The number of para-hydroxylation sites is 2. The van der Waals surface area contributed by atoms with E-state index in [1.54, 1.807) is 0 Å². The Labute approximate surface area is 135 Å². The van der Waals surface area contributed by atoms with E-state index in [9.17, 15) is 0 Å². The second-order valence-electron chi connectivity index (χ2n) is 6.26.